The SMILES string of the molecule is CCCCCCCCc1ccccc1OC(c1ccccc1CCCCCCCC)C(CO)(CO)CO. The van der Waals surface area contributed by atoms with E-state index in [1.54, 1.807) is 0 Å². The van der Waals surface area contributed by atoms with E-state index in [0.29, 0.717) is 0 Å². The largest absolute Gasteiger partial charge is 0.485 e. The van der Waals surface area contributed by atoms with Crippen LogP contribution in [0.2, 0.25) is 0 Å². The van der Waals surface area contributed by atoms with E-state index in [9.17, 15) is 15.3 Å². The van der Waals surface area contributed by atoms with Crippen molar-refractivity contribution < 1.29 is 20.1 Å². The molecule has 0 amide bonds. The van der Waals surface area contributed by atoms with Gasteiger partial charge in [-0.05, 0) is 48.4 Å². The maximum Gasteiger partial charge on any atom is 0.136 e. The summed E-state index contributed by atoms with van der Waals surface area (Å²) in [6.07, 6.45) is 15.9. The molecule has 4 heteroatoms. The van der Waals surface area contributed by atoms with Crippen LogP contribution in [0, 0.1) is 5.41 Å². The monoisotopic (exact) mass is 512 g/mol. The van der Waals surface area contributed by atoms with Gasteiger partial charge in [-0.2, -0.15) is 0 Å². The summed E-state index contributed by atoms with van der Waals surface area (Å²) in [4.78, 5) is 0. The Hall–Kier alpha value is -1.88. The Balaban J connectivity index is 2.25. The second-order valence-corrected chi connectivity index (χ2v) is 10.7. The van der Waals surface area contributed by atoms with Gasteiger partial charge in [-0.15, -0.1) is 0 Å². The third kappa shape index (κ3) is 10.1. The zero-order valence-corrected chi connectivity index (χ0v) is 23.5. The zero-order chi connectivity index (χ0) is 26.8. The van der Waals surface area contributed by atoms with Crippen molar-refractivity contribution in [2.75, 3.05) is 19.8 Å². The molecular formula is C33H52O4. The molecule has 0 radical (unpaired) electrons. The van der Waals surface area contributed by atoms with Gasteiger partial charge < -0.3 is 20.1 Å². The van der Waals surface area contributed by atoms with Gasteiger partial charge in [-0.3, -0.25) is 0 Å². The number of hydrogen-bond donors (Lipinski definition) is 3. The Labute approximate surface area is 226 Å². The van der Waals surface area contributed by atoms with Crippen molar-refractivity contribution in [2.24, 2.45) is 5.41 Å². The summed E-state index contributed by atoms with van der Waals surface area (Å²) >= 11 is 0. The van der Waals surface area contributed by atoms with Crippen LogP contribution in [0.3, 0.4) is 0 Å². The van der Waals surface area contributed by atoms with Gasteiger partial charge >= 0.3 is 0 Å². The standard InChI is InChI=1S/C33H52O4/c1-3-5-7-9-11-13-19-28-20-15-17-23-30(28)32(33(25-34,26-35)27-36)37-31-24-18-16-22-29(31)21-14-12-10-8-6-4-2/h15-18,20,22-24,32,34-36H,3-14,19,21,25-27H2,1-2H3. The first-order valence-corrected chi connectivity index (χ1v) is 14.8. The van der Waals surface area contributed by atoms with E-state index in [1.807, 2.05) is 36.4 Å². The van der Waals surface area contributed by atoms with Crippen LogP contribution >= 0.6 is 0 Å². The molecule has 0 heterocycles. The molecule has 0 aromatic heterocycles. The first-order chi connectivity index (χ1) is 18.2. The lowest BCUT2D eigenvalue weighted by Gasteiger charge is -2.38. The van der Waals surface area contributed by atoms with Crippen LogP contribution in [0.1, 0.15) is 114 Å². The molecule has 0 bridgehead atoms. The lowest BCUT2D eigenvalue weighted by molar-refractivity contribution is -0.0747. The van der Waals surface area contributed by atoms with E-state index in [0.717, 1.165) is 48.1 Å². The van der Waals surface area contributed by atoms with Crippen LogP contribution in [0.5, 0.6) is 5.75 Å². The molecule has 0 fully saturated rings. The molecule has 4 nitrogen and oxygen atoms in total. The van der Waals surface area contributed by atoms with Crippen LogP contribution in [0.25, 0.3) is 0 Å². The fourth-order valence-electron chi connectivity index (χ4n) is 5.08. The van der Waals surface area contributed by atoms with Gasteiger partial charge in [0.25, 0.3) is 0 Å². The molecule has 37 heavy (non-hydrogen) atoms. The number of rotatable bonds is 21. The van der Waals surface area contributed by atoms with E-state index in [-0.39, 0.29) is 19.8 Å². The number of aliphatic hydroxyl groups excluding tert-OH is 3. The third-order valence-electron chi connectivity index (χ3n) is 7.66. The molecule has 0 spiro atoms. The van der Waals surface area contributed by atoms with Crippen LogP contribution in [-0.2, 0) is 12.8 Å². The van der Waals surface area contributed by atoms with Crippen molar-refractivity contribution in [1.29, 1.82) is 0 Å². The van der Waals surface area contributed by atoms with Crippen molar-refractivity contribution >= 4 is 0 Å². The first kappa shape index (κ1) is 31.3. The van der Waals surface area contributed by atoms with E-state index in [1.165, 1.54) is 64.2 Å². The molecule has 0 aliphatic rings. The van der Waals surface area contributed by atoms with E-state index >= 15 is 0 Å². The Morgan fingerprint density at radius 3 is 1.62 bits per heavy atom. The van der Waals surface area contributed by atoms with E-state index in [2.05, 4.69) is 26.0 Å². The molecular weight excluding hydrogens is 460 g/mol. The van der Waals surface area contributed by atoms with Gasteiger partial charge in [-0.25, -0.2) is 0 Å². The van der Waals surface area contributed by atoms with Crippen LogP contribution in [0.15, 0.2) is 48.5 Å². The van der Waals surface area contributed by atoms with Crippen LogP contribution < -0.4 is 4.74 Å². The molecule has 0 aliphatic heterocycles. The molecule has 1 atom stereocenters. The van der Waals surface area contributed by atoms with Gasteiger partial charge in [-0.1, -0.05) is 121 Å². The Bertz CT molecular complexity index is 837. The Morgan fingerprint density at radius 2 is 1.05 bits per heavy atom. The van der Waals surface area contributed by atoms with Gasteiger partial charge in [0.1, 0.15) is 11.9 Å². The highest BCUT2D eigenvalue weighted by molar-refractivity contribution is 5.37. The predicted molar refractivity (Wildman–Crippen MR) is 154 cm³/mol. The number of unbranched alkanes of at least 4 members (excludes halogenated alkanes) is 10. The summed E-state index contributed by atoms with van der Waals surface area (Å²) in [7, 11) is 0. The lowest BCUT2D eigenvalue weighted by Crippen LogP contribution is -2.43. The number of benzene rings is 2. The maximum atomic E-state index is 10.4. The minimum absolute atomic E-state index is 0.365. The lowest BCUT2D eigenvalue weighted by atomic mass is 9.78. The van der Waals surface area contributed by atoms with Crippen molar-refractivity contribution in [1.82, 2.24) is 0 Å². The van der Waals surface area contributed by atoms with Crippen molar-refractivity contribution in [2.45, 2.75) is 110 Å². The fourth-order valence-corrected chi connectivity index (χ4v) is 5.08. The molecule has 208 valence electrons. The number of aryl methyl sites for hydroxylation is 2. The van der Waals surface area contributed by atoms with Gasteiger partial charge in [0, 0.05) is 0 Å². The molecule has 2 aromatic rings. The predicted octanol–water partition coefficient (Wildman–Crippen LogP) is 7.58. The number of para-hydroxylation sites is 1. The third-order valence-corrected chi connectivity index (χ3v) is 7.66. The number of ether oxygens (including phenoxy) is 1. The number of aliphatic hydroxyl groups is 3. The van der Waals surface area contributed by atoms with E-state index in [4.69, 9.17) is 4.74 Å². The Morgan fingerprint density at radius 1 is 0.595 bits per heavy atom. The summed E-state index contributed by atoms with van der Waals surface area (Å²) in [6.45, 7) is 3.37. The maximum absolute atomic E-state index is 10.4. The fraction of sp³-hybridized carbons (Fsp3) is 0.636. The topological polar surface area (TPSA) is 69.9 Å². The minimum Gasteiger partial charge on any atom is -0.485 e. The molecule has 3 N–H and O–H groups in total. The molecule has 0 saturated carbocycles. The second kappa shape index (κ2) is 18.4. The summed E-state index contributed by atoms with van der Waals surface area (Å²) in [6, 6.07) is 16.3. The highest BCUT2D eigenvalue weighted by Gasteiger charge is 2.42. The first-order valence-electron chi connectivity index (χ1n) is 14.8. The van der Waals surface area contributed by atoms with Gasteiger partial charge in [0.15, 0.2) is 0 Å². The van der Waals surface area contributed by atoms with Crippen LogP contribution in [0.4, 0.5) is 0 Å². The Kier molecular flexibility index (Phi) is 15.6. The average Bonchev–Trinajstić information content (AvgIpc) is 2.94. The summed E-state index contributed by atoms with van der Waals surface area (Å²) in [5.74, 6) is 0.773. The summed E-state index contributed by atoms with van der Waals surface area (Å²) in [5, 5.41) is 31.2. The average molecular weight is 513 g/mol. The quantitative estimate of drug-likeness (QED) is 0.151. The minimum atomic E-state index is -1.19. The summed E-state index contributed by atoms with van der Waals surface area (Å²) in [5.41, 5.74) is 2.06. The van der Waals surface area contributed by atoms with Crippen LogP contribution in [-0.4, -0.2) is 35.1 Å². The normalized spacial score (nSPS) is 12.6. The summed E-state index contributed by atoms with van der Waals surface area (Å²) < 4.78 is 6.69. The zero-order valence-electron chi connectivity index (χ0n) is 23.5. The molecule has 1 unspecified atom stereocenters. The number of hydrogen-bond acceptors (Lipinski definition) is 4. The van der Waals surface area contributed by atoms with Crippen molar-refractivity contribution in [3.05, 3.63) is 65.2 Å². The molecule has 0 aliphatic carbocycles. The van der Waals surface area contributed by atoms with Gasteiger partial charge in [0.2, 0.25) is 0 Å². The van der Waals surface area contributed by atoms with E-state index < -0.39 is 11.5 Å². The van der Waals surface area contributed by atoms with Crippen molar-refractivity contribution in [3.63, 3.8) is 0 Å². The molecule has 2 aromatic carbocycles. The highest BCUT2D eigenvalue weighted by atomic mass is 16.5. The second-order valence-electron chi connectivity index (χ2n) is 10.7. The van der Waals surface area contributed by atoms with Gasteiger partial charge in [0.05, 0.1) is 25.2 Å². The highest BCUT2D eigenvalue weighted by Crippen LogP contribution is 2.40. The molecule has 2 rings (SSSR count). The molecule has 0 saturated heterocycles. The van der Waals surface area contributed by atoms with Crippen molar-refractivity contribution in [3.8, 4) is 5.75 Å². The smallest absolute Gasteiger partial charge is 0.136 e.